The van der Waals surface area contributed by atoms with Crippen LogP contribution in [0.1, 0.15) is 0 Å². The van der Waals surface area contributed by atoms with E-state index in [1.54, 1.807) is 25.4 Å². The van der Waals surface area contributed by atoms with Gasteiger partial charge in [0, 0.05) is 41.5 Å². The Morgan fingerprint density at radius 3 is 2.77 bits per heavy atom. The van der Waals surface area contributed by atoms with Gasteiger partial charge >= 0.3 is 0 Å². The lowest BCUT2D eigenvalue weighted by molar-refractivity contribution is -0.111. The minimum Gasteiger partial charge on any atom is -0.494 e. The van der Waals surface area contributed by atoms with E-state index in [9.17, 15) is 4.79 Å². The number of nitrogens with one attached hydrogen (secondary N) is 3. The standard InChI is InChI=1S/C26H28N6O3/c1-5-25(33)29-22-14-21(23(34-4)15-24(22)35-13-12-32(2)3)31-26-27-11-10-20(30-26)18-16-28-19-9-7-6-8-17(18)19/h5-11,14-16,28H,1,12-13H2,2-4H3,(H,29,33)(H,27,30,31). The number of carbonyl (C=O) groups excluding carboxylic acids is 1. The van der Waals surface area contributed by atoms with E-state index in [2.05, 4.69) is 27.2 Å². The first-order chi connectivity index (χ1) is 17.0. The van der Waals surface area contributed by atoms with Crippen LogP contribution < -0.4 is 20.1 Å². The Hall–Kier alpha value is -4.37. The number of anilines is 3. The van der Waals surface area contributed by atoms with Gasteiger partial charge in [-0.15, -0.1) is 0 Å². The lowest BCUT2D eigenvalue weighted by Crippen LogP contribution is -2.20. The van der Waals surface area contributed by atoms with E-state index in [1.807, 2.05) is 55.5 Å². The molecule has 3 N–H and O–H groups in total. The number of hydrogen-bond acceptors (Lipinski definition) is 7. The number of hydrogen-bond donors (Lipinski definition) is 3. The summed E-state index contributed by atoms with van der Waals surface area (Å²) in [5, 5.41) is 7.07. The van der Waals surface area contributed by atoms with Gasteiger partial charge in [-0.2, -0.15) is 0 Å². The molecule has 0 radical (unpaired) electrons. The molecule has 2 aromatic carbocycles. The number of amides is 1. The van der Waals surface area contributed by atoms with Gasteiger partial charge in [-0.05, 0) is 38.4 Å². The molecule has 4 aromatic rings. The Morgan fingerprint density at radius 2 is 2.00 bits per heavy atom. The van der Waals surface area contributed by atoms with Gasteiger partial charge in [-0.1, -0.05) is 24.8 Å². The first-order valence-corrected chi connectivity index (χ1v) is 11.1. The van der Waals surface area contributed by atoms with Crippen molar-refractivity contribution in [3.8, 4) is 22.8 Å². The van der Waals surface area contributed by atoms with E-state index in [-0.39, 0.29) is 5.91 Å². The number of aromatic amines is 1. The fourth-order valence-corrected chi connectivity index (χ4v) is 3.54. The number of benzene rings is 2. The third-order valence-corrected chi connectivity index (χ3v) is 5.31. The number of likely N-dealkylation sites (N-methyl/N-ethyl adjacent to an activating group) is 1. The summed E-state index contributed by atoms with van der Waals surface area (Å²) in [5.74, 6) is 1.03. The summed E-state index contributed by atoms with van der Waals surface area (Å²) in [7, 11) is 5.48. The summed E-state index contributed by atoms with van der Waals surface area (Å²) in [5.41, 5.74) is 3.82. The SMILES string of the molecule is C=CC(=O)Nc1cc(Nc2nccc(-c3c[nH]c4ccccc34)n2)c(OC)cc1OCCN(C)C. The number of para-hydroxylation sites is 1. The van der Waals surface area contributed by atoms with E-state index in [0.29, 0.717) is 42.0 Å². The predicted octanol–water partition coefficient (Wildman–Crippen LogP) is 4.44. The van der Waals surface area contributed by atoms with E-state index in [4.69, 9.17) is 14.5 Å². The van der Waals surface area contributed by atoms with Gasteiger partial charge in [0.05, 0.1) is 24.2 Å². The van der Waals surface area contributed by atoms with Crippen LogP contribution in [0, 0.1) is 0 Å². The zero-order valence-electron chi connectivity index (χ0n) is 20.0. The lowest BCUT2D eigenvalue weighted by Gasteiger charge is -2.18. The van der Waals surface area contributed by atoms with Gasteiger partial charge in [0.15, 0.2) is 0 Å². The second kappa shape index (κ2) is 10.7. The van der Waals surface area contributed by atoms with Crippen LogP contribution in [0.2, 0.25) is 0 Å². The molecule has 2 heterocycles. The lowest BCUT2D eigenvalue weighted by atomic mass is 10.1. The summed E-state index contributed by atoms with van der Waals surface area (Å²) in [6.07, 6.45) is 4.83. The van der Waals surface area contributed by atoms with Crippen molar-refractivity contribution in [2.45, 2.75) is 0 Å². The maximum Gasteiger partial charge on any atom is 0.247 e. The smallest absolute Gasteiger partial charge is 0.247 e. The van der Waals surface area contributed by atoms with Gasteiger partial charge < -0.3 is 30.0 Å². The average Bonchev–Trinajstić information content (AvgIpc) is 3.29. The highest BCUT2D eigenvalue weighted by molar-refractivity contribution is 6.00. The molecule has 0 fully saturated rings. The van der Waals surface area contributed by atoms with Crippen molar-refractivity contribution in [1.29, 1.82) is 0 Å². The van der Waals surface area contributed by atoms with Crippen LogP contribution in [-0.4, -0.2) is 60.1 Å². The Bertz CT molecular complexity index is 1350. The number of ether oxygens (including phenoxy) is 2. The molecular weight excluding hydrogens is 444 g/mol. The summed E-state index contributed by atoms with van der Waals surface area (Å²) in [6.45, 7) is 4.68. The Morgan fingerprint density at radius 1 is 1.17 bits per heavy atom. The topological polar surface area (TPSA) is 104 Å². The first kappa shape index (κ1) is 23.8. The van der Waals surface area contributed by atoms with Crippen molar-refractivity contribution in [1.82, 2.24) is 19.9 Å². The zero-order chi connectivity index (χ0) is 24.8. The average molecular weight is 473 g/mol. The monoisotopic (exact) mass is 472 g/mol. The summed E-state index contributed by atoms with van der Waals surface area (Å²) in [4.78, 5) is 26.4. The predicted molar refractivity (Wildman–Crippen MR) is 138 cm³/mol. The fourth-order valence-electron chi connectivity index (χ4n) is 3.54. The normalized spacial score (nSPS) is 10.9. The molecule has 0 spiro atoms. The van der Waals surface area contributed by atoms with Gasteiger partial charge in [-0.3, -0.25) is 4.79 Å². The van der Waals surface area contributed by atoms with Crippen molar-refractivity contribution >= 4 is 34.1 Å². The molecule has 0 atom stereocenters. The number of rotatable bonds is 10. The summed E-state index contributed by atoms with van der Waals surface area (Å²) >= 11 is 0. The Labute approximate surface area is 203 Å². The molecule has 0 saturated carbocycles. The molecule has 9 heteroatoms. The van der Waals surface area contributed by atoms with Gasteiger partial charge in [0.1, 0.15) is 18.1 Å². The number of methoxy groups -OCH3 is 1. The molecule has 35 heavy (non-hydrogen) atoms. The molecular formula is C26H28N6O3. The summed E-state index contributed by atoms with van der Waals surface area (Å²) in [6, 6.07) is 13.3. The molecule has 0 saturated heterocycles. The highest BCUT2D eigenvalue weighted by atomic mass is 16.5. The molecule has 0 aliphatic carbocycles. The van der Waals surface area contributed by atoms with Crippen molar-refractivity contribution in [3.63, 3.8) is 0 Å². The second-order valence-corrected chi connectivity index (χ2v) is 8.03. The molecule has 4 rings (SSSR count). The van der Waals surface area contributed by atoms with Crippen LogP contribution in [0.25, 0.3) is 22.2 Å². The van der Waals surface area contributed by atoms with Crippen LogP contribution in [0.5, 0.6) is 11.5 Å². The number of carbonyl (C=O) groups is 1. The minimum absolute atomic E-state index is 0.351. The van der Waals surface area contributed by atoms with E-state index >= 15 is 0 Å². The van der Waals surface area contributed by atoms with Crippen LogP contribution >= 0.6 is 0 Å². The minimum atomic E-state index is -0.351. The molecule has 180 valence electrons. The first-order valence-electron chi connectivity index (χ1n) is 11.1. The Balaban J connectivity index is 1.66. The van der Waals surface area contributed by atoms with E-state index in [1.165, 1.54) is 6.08 Å². The van der Waals surface area contributed by atoms with Crippen LogP contribution in [0.15, 0.2) is 67.5 Å². The van der Waals surface area contributed by atoms with Crippen molar-refractivity contribution in [2.75, 3.05) is 45.0 Å². The molecule has 0 unspecified atom stereocenters. The highest BCUT2D eigenvalue weighted by Gasteiger charge is 2.15. The third kappa shape index (κ3) is 5.59. The maximum absolute atomic E-state index is 12.1. The number of fused-ring (bicyclic) bond motifs is 1. The molecule has 9 nitrogen and oxygen atoms in total. The fraction of sp³-hybridized carbons (Fsp3) is 0.192. The maximum atomic E-state index is 12.1. The van der Waals surface area contributed by atoms with Gasteiger partial charge in [0.25, 0.3) is 0 Å². The van der Waals surface area contributed by atoms with Crippen molar-refractivity contribution in [2.24, 2.45) is 0 Å². The molecule has 0 aliphatic heterocycles. The second-order valence-electron chi connectivity index (χ2n) is 8.03. The highest BCUT2D eigenvalue weighted by Crippen LogP contribution is 2.38. The van der Waals surface area contributed by atoms with Crippen molar-refractivity contribution < 1.29 is 14.3 Å². The Kier molecular flexibility index (Phi) is 7.27. The summed E-state index contributed by atoms with van der Waals surface area (Å²) < 4.78 is 11.5. The van der Waals surface area contributed by atoms with Gasteiger partial charge in [0.2, 0.25) is 11.9 Å². The molecule has 0 bridgehead atoms. The van der Waals surface area contributed by atoms with Crippen LogP contribution in [-0.2, 0) is 4.79 Å². The number of H-pyrrole nitrogens is 1. The largest absolute Gasteiger partial charge is 0.494 e. The third-order valence-electron chi connectivity index (χ3n) is 5.31. The quantitative estimate of drug-likeness (QED) is 0.293. The van der Waals surface area contributed by atoms with Crippen LogP contribution in [0.4, 0.5) is 17.3 Å². The molecule has 0 aliphatic rings. The van der Waals surface area contributed by atoms with E-state index in [0.717, 1.165) is 22.2 Å². The van der Waals surface area contributed by atoms with E-state index < -0.39 is 0 Å². The number of aromatic nitrogens is 3. The van der Waals surface area contributed by atoms with Crippen molar-refractivity contribution in [3.05, 3.63) is 67.5 Å². The van der Waals surface area contributed by atoms with Gasteiger partial charge in [-0.25, -0.2) is 9.97 Å². The molecule has 1 amide bonds. The zero-order valence-corrected chi connectivity index (χ0v) is 20.0. The number of nitrogens with zero attached hydrogens (tertiary/aromatic N) is 3. The van der Waals surface area contributed by atoms with Crippen LogP contribution in [0.3, 0.4) is 0 Å². The molecule has 2 aromatic heterocycles.